The molecule has 2 aromatic rings. The third-order valence-corrected chi connectivity index (χ3v) is 2.77. The van der Waals surface area contributed by atoms with Crippen LogP contribution >= 0.6 is 11.8 Å². The molecule has 0 atom stereocenters. The van der Waals surface area contributed by atoms with Crippen LogP contribution in [0.3, 0.4) is 0 Å². The van der Waals surface area contributed by atoms with Gasteiger partial charge in [0.25, 0.3) is 0 Å². The van der Waals surface area contributed by atoms with Crippen LogP contribution in [0.5, 0.6) is 0 Å². The van der Waals surface area contributed by atoms with Crippen LogP contribution in [0.4, 0.5) is 5.88 Å². The third-order valence-electron chi connectivity index (χ3n) is 2.14. The molecule has 0 aliphatic carbocycles. The highest BCUT2D eigenvalue weighted by Gasteiger charge is 2.12. The fraction of sp³-hybridized carbons (Fsp3) is 0. The number of hydrogen-bond acceptors (Lipinski definition) is 3. The second-order valence-corrected chi connectivity index (χ2v) is 3.81. The molecule has 0 saturated carbocycles. The van der Waals surface area contributed by atoms with Crippen LogP contribution in [0.25, 0.3) is 11.0 Å². The smallest absolute Gasteiger partial charge is 0.201 e. The summed E-state index contributed by atoms with van der Waals surface area (Å²) >= 11 is 1.65. The van der Waals surface area contributed by atoms with Crippen LogP contribution in [0, 0.1) is 5.88 Å². The number of rotatable bonds is 1. The lowest BCUT2D eigenvalue weighted by Crippen LogP contribution is -2.03. The van der Waals surface area contributed by atoms with Crippen molar-refractivity contribution >= 4 is 28.6 Å². The molecule has 1 aromatic carbocycles. The van der Waals surface area contributed by atoms with Gasteiger partial charge in [-0.25, -0.2) is 0 Å². The highest BCUT2D eigenvalue weighted by Crippen LogP contribution is 2.31. The Balaban J connectivity index is 2.09. The molecule has 0 N–H and O–H groups in total. The number of para-hydroxylation sites is 1. The fourth-order valence-electron chi connectivity index (χ4n) is 1.46. The molecule has 1 aromatic heterocycles. The predicted octanol–water partition coefficient (Wildman–Crippen LogP) is 3.58. The summed E-state index contributed by atoms with van der Waals surface area (Å²) in [4.78, 5) is 1.98. The summed E-state index contributed by atoms with van der Waals surface area (Å²) in [7, 11) is 0. The molecular weight excluding hydrogens is 194 g/mol. The zero-order valence-corrected chi connectivity index (χ0v) is 8.20. The van der Waals surface area contributed by atoms with E-state index in [1.54, 1.807) is 11.8 Å². The van der Waals surface area contributed by atoms with Crippen molar-refractivity contribution in [1.82, 2.24) is 0 Å². The normalized spacial score (nSPS) is 15.6. The van der Waals surface area contributed by atoms with E-state index in [1.165, 1.54) is 0 Å². The molecule has 1 aliphatic heterocycles. The molecule has 2 nitrogen and oxygen atoms in total. The molecule has 0 unspecified atom stereocenters. The van der Waals surface area contributed by atoms with E-state index in [1.807, 2.05) is 46.7 Å². The van der Waals surface area contributed by atoms with Gasteiger partial charge in [0.2, 0.25) is 5.88 Å². The van der Waals surface area contributed by atoms with Crippen molar-refractivity contribution in [2.75, 3.05) is 4.90 Å². The summed E-state index contributed by atoms with van der Waals surface area (Å²) < 4.78 is 5.68. The first-order chi connectivity index (χ1) is 6.93. The van der Waals surface area contributed by atoms with Crippen LogP contribution < -0.4 is 4.90 Å². The average Bonchev–Trinajstić information content (AvgIpc) is 2.86. The number of benzene rings is 1. The predicted molar refractivity (Wildman–Crippen MR) is 59.7 cm³/mol. The van der Waals surface area contributed by atoms with Gasteiger partial charge in [-0.15, -0.1) is 11.8 Å². The van der Waals surface area contributed by atoms with Gasteiger partial charge < -0.3 is 9.32 Å². The lowest BCUT2D eigenvalue weighted by Gasteiger charge is -2.08. The molecule has 3 rings (SSSR count). The third kappa shape index (κ3) is 1.21. The number of hydrogen-bond donors (Lipinski definition) is 0. The second kappa shape index (κ2) is 3.10. The van der Waals surface area contributed by atoms with Crippen LogP contribution in [-0.4, -0.2) is 0 Å². The molecule has 0 saturated heterocycles. The monoisotopic (exact) mass is 202 g/mol. The zero-order valence-electron chi connectivity index (χ0n) is 7.38. The maximum atomic E-state index is 5.68. The van der Waals surface area contributed by atoms with Crippen LogP contribution in [0.2, 0.25) is 0 Å². The minimum atomic E-state index is 0.868. The largest absolute Gasteiger partial charge is 0.440 e. The topological polar surface area (TPSA) is 16.4 Å². The number of nitrogens with zero attached hydrogens (tertiary/aromatic N) is 1. The maximum Gasteiger partial charge on any atom is 0.201 e. The maximum absolute atomic E-state index is 5.68. The van der Waals surface area contributed by atoms with Gasteiger partial charge >= 0.3 is 0 Å². The summed E-state index contributed by atoms with van der Waals surface area (Å²) in [6.45, 7) is 0. The molecule has 1 aliphatic rings. The van der Waals surface area contributed by atoms with Gasteiger partial charge in [0, 0.05) is 17.7 Å². The molecule has 2 heterocycles. The van der Waals surface area contributed by atoms with Crippen LogP contribution in [0.15, 0.2) is 46.4 Å². The molecule has 0 bridgehead atoms. The van der Waals surface area contributed by atoms with Crippen molar-refractivity contribution in [3.63, 3.8) is 0 Å². The van der Waals surface area contributed by atoms with E-state index in [2.05, 4.69) is 6.07 Å². The lowest BCUT2D eigenvalue weighted by molar-refractivity contribution is 0.618. The zero-order chi connectivity index (χ0) is 9.38. The minimum Gasteiger partial charge on any atom is -0.440 e. The lowest BCUT2D eigenvalue weighted by atomic mass is 10.3. The van der Waals surface area contributed by atoms with Gasteiger partial charge in [-0.05, 0) is 11.5 Å². The molecule has 0 fully saturated rings. The number of thioether (sulfide) groups is 1. The molecule has 0 spiro atoms. The second-order valence-electron chi connectivity index (χ2n) is 3.06. The van der Waals surface area contributed by atoms with Gasteiger partial charge in [-0.2, -0.15) is 0 Å². The number of furan rings is 1. The van der Waals surface area contributed by atoms with E-state index < -0.39 is 0 Å². The summed E-state index contributed by atoms with van der Waals surface area (Å²) in [6, 6.07) is 10.1. The van der Waals surface area contributed by atoms with E-state index in [9.17, 15) is 0 Å². The molecular formula is C11H8NOS. The Labute approximate surface area is 86.2 Å². The van der Waals surface area contributed by atoms with Gasteiger partial charge in [-0.1, -0.05) is 18.2 Å². The Kier molecular flexibility index (Phi) is 1.77. The molecule has 69 valence electrons. The summed E-state index contributed by atoms with van der Waals surface area (Å²) in [5.74, 6) is 2.88. The first-order valence-corrected chi connectivity index (χ1v) is 5.30. The van der Waals surface area contributed by atoms with Crippen molar-refractivity contribution in [2.24, 2.45) is 0 Å². The Morgan fingerprint density at radius 2 is 2.14 bits per heavy atom. The number of fused-ring (bicyclic) bond motifs is 1. The van der Waals surface area contributed by atoms with E-state index in [0.717, 1.165) is 16.9 Å². The van der Waals surface area contributed by atoms with E-state index in [4.69, 9.17) is 4.42 Å². The van der Waals surface area contributed by atoms with Gasteiger partial charge in [-0.3, -0.25) is 0 Å². The van der Waals surface area contributed by atoms with Crippen molar-refractivity contribution in [1.29, 1.82) is 0 Å². The van der Waals surface area contributed by atoms with E-state index in [-0.39, 0.29) is 0 Å². The number of anilines is 1. The Hall–Kier alpha value is -1.35. The van der Waals surface area contributed by atoms with Crippen molar-refractivity contribution < 1.29 is 4.42 Å². The first kappa shape index (κ1) is 8.00. The minimum absolute atomic E-state index is 0.868. The highest BCUT2D eigenvalue weighted by atomic mass is 32.2. The molecule has 1 radical (unpaired) electrons. The standard InChI is InChI=1S/C11H8NOS/c1-2-4-10-9(3-1)7-11(13-10)12-5-6-14-8-12/h1-8H. The molecule has 3 heteroatoms. The van der Waals surface area contributed by atoms with Crippen molar-refractivity contribution in [3.05, 3.63) is 47.8 Å². The van der Waals surface area contributed by atoms with Crippen LogP contribution in [0.1, 0.15) is 0 Å². The van der Waals surface area contributed by atoms with E-state index in [0.29, 0.717) is 0 Å². The van der Waals surface area contributed by atoms with Crippen molar-refractivity contribution in [3.8, 4) is 0 Å². The Bertz CT molecular complexity index is 456. The van der Waals surface area contributed by atoms with Gasteiger partial charge in [0.05, 0.1) is 0 Å². The van der Waals surface area contributed by atoms with Gasteiger partial charge in [0.1, 0.15) is 11.5 Å². The van der Waals surface area contributed by atoms with Gasteiger partial charge in [0.15, 0.2) is 0 Å². The molecule has 14 heavy (non-hydrogen) atoms. The summed E-state index contributed by atoms with van der Waals surface area (Å²) in [6.07, 6.45) is 1.99. The summed E-state index contributed by atoms with van der Waals surface area (Å²) in [5.41, 5.74) is 0.932. The SMILES string of the molecule is [CH]1SC=CN1c1cc2ccccc2o1. The van der Waals surface area contributed by atoms with Crippen LogP contribution in [-0.2, 0) is 0 Å². The first-order valence-electron chi connectivity index (χ1n) is 4.36. The average molecular weight is 202 g/mol. The molecule has 0 amide bonds. The Morgan fingerprint density at radius 3 is 2.93 bits per heavy atom. The summed E-state index contributed by atoms with van der Waals surface area (Å²) in [5, 5.41) is 3.16. The quantitative estimate of drug-likeness (QED) is 0.703. The fourth-order valence-corrected chi connectivity index (χ4v) is 2.03. The van der Waals surface area contributed by atoms with E-state index >= 15 is 0 Å². The van der Waals surface area contributed by atoms with Crippen molar-refractivity contribution in [2.45, 2.75) is 0 Å². The highest BCUT2D eigenvalue weighted by molar-refractivity contribution is 8.04. The Morgan fingerprint density at radius 1 is 1.21 bits per heavy atom.